The Kier molecular flexibility index (Phi) is 4.30. The van der Waals surface area contributed by atoms with E-state index in [1.807, 2.05) is 0 Å². The summed E-state index contributed by atoms with van der Waals surface area (Å²) in [4.78, 5) is 3.57. The molecule has 0 aliphatic rings. The molecule has 0 aromatic rings. The summed E-state index contributed by atoms with van der Waals surface area (Å²) < 4.78 is 0. The van der Waals surface area contributed by atoms with Crippen molar-refractivity contribution >= 4 is 6.34 Å². The third-order valence-electron chi connectivity index (χ3n) is 0.413. The lowest BCUT2D eigenvalue weighted by atomic mass is 10.9. The summed E-state index contributed by atoms with van der Waals surface area (Å²) in [5, 5.41) is 2.75. The molecule has 0 saturated carbocycles. The average Bonchev–Trinajstić information content (AvgIpc) is 1.69. The Bertz CT molecular complexity index is 75.0. The minimum Gasteiger partial charge on any atom is -0.393 e. The maximum absolute atomic E-state index is 4.90. The van der Waals surface area contributed by atoms with E-state index in [4.69, 9.17) is 5.73 Å². The van der Waals surface area contributed by atoms with E-state index in [1.54, 1.807) is 19.4 Å². The van der Waals surface area contributed by atoms with Gasteiger partial charge in [-0.05, 0) is 0 Å². The van der Waals surface area contributed by atoms with Crippen molar-refractivity contribution in [1.82, 2.24) is 5.32 Å². The van der Waals surface area contributed by atoms with Crippen LogP contribution >= 0.6 is 0 Å². The lowest BCUT2D eigenvalue weighted by molar-refractivity contribution is 1.09. The average molecular weight is 99.1 g/mol. The van der Waals surface area contributed by atoms with Crippen LogP contribution in [0.4, 0.5) is 0 Å². The van der Waals surface area contributed by atoms with Gasteiger partial charge in [0, 0.05) is 19.4 Å². The number of nitrogens with one attached hydrogen (secondary N) is 1. The summed E-state index contributed by atoms with van der Waals surface area (Å²) in [6, 6.07) is 0. The van der Waals surface area contributed by atoms with Gasteiger partial charge >= 0.3 is 0 Å². The topological polar surface area (TPSA) is 50.4 Å². The molecule has 0 aliphatic heterocycles. The van der Waals surface area contributed by atoms with Crippen molar-refractivity contribution < 1.29 is 0 Å². The molecule has 3 heteroatoms. The van der Waals surface area contributed by atoms with E-state index in [9.17, 15) is 0 Å². The van der Waals surface area contributed by atoms with Crippen LogP contribution in [-0.2, 0) is 0 Å². The molecule has 0 radical (unpaired) electrons. The van der Waals surface area contributed by atoms with Crippen molar-refractivity contribution in [2.24, 2.45) is 10.7 Å². The summed E-state index contributed by atoms with van der Waals surface area (Å²) >= 11 is 0. The summed E-state index contributed by atoms with van der Waals surface area (Å²) in [6.45, 7) is 0. The van der Waals surface area contributed by atoms with Crippen molar-refractivity contribution in [2.75, 3.05) is 7.05 Å². The highest BCUT2D eigenvalue weighted by atomic mass is 14.8. The molecule has 0 aromatic heterocycles. The van der Waals surface area contributed by atoms with Gasteiger partial charge in [0.2, 0.25) is 0 Å². The molecule has 0 aliphatic carbocycles. The molecular formula is C4H9N3. The smallest absolute Gasteiger partial charge is 0.0853 e. The van der Waals surface area contributed by atoms with Crippen molar-refractivity contribution in [3.8, 4) is 0 Å². The van der Waals surface area contributed by atoms with Crippen molar-refractivity contribution in [2.45, 2.75) is 0 Å². The molecular weight excluding hydrogens is 90.1 g/mol. The van der Waals surface area contributed by atoms with Crippen LogP contribution in [0, 0.1) is 0 Å². The second-order valence-corrected chi connectivity index (χ2v) is 0.903. The fraction of sp³-hybridized carbons (Fsp3) is 0.250. The Labute approximate surface area is 42.9 Å². The van der Waals surface area contributed by atoms with Gasteiger partial charge in [-0.1, -0.05) is 0 Å². The number of rotatable bonds is 2. The second-order valence-electron chi connectivity index (χ2n) is 0.903. The highest BCUT2D eigenvalue weighted by molar-refractivity contribution is 5.52. The standard InChI is InChI=1S/C4H9N3/c1-6-2-3-7-4-5/h2-4,6H,1H3,(H2,5,7)/b3-2-. The largest absolute Gasteiger partial charge is 0.393 e. The van der Waals surface area contributed by atoms with Gasteiger partial charge in [-0.2, -0.15) is 0 Å². The van der Waals surface area contributed by atoms with Gasteiger partial charge < -0.3 is 11.1 Å². The molecule has 0 unspecified atom stereocenters. The van der Waals surface area contributed by atoms with Gasteiger partial charge in [-0.3, -0.25) is 0 Å². The van der Waals surface area contributed by atoms with E-state index >= 15 is 0 Å². The summed E-state index contributed by atoms with van der Waals surface area (Å²) in [5.41, 5.74) is 4.90. The predicted molar refractivity (Wildman–Crippen MR) is 30.9 cm³/mol. The van der Waals surface area contributed by atoms with Crippen molar-refractivity contribution in [1.29, 1.82) is 0 Å². The number of aliphatic imine (C=N–C) groups is 1. The van der Waals surface area contributed by atoms with Crippen molar-refractivity contribution in [3.05, 3.63) is 12.4 Å². The molecule has 3 nitrogen and oxygen atoms in total. The molecule has 3 N–H and O–H groups in total. The minimum atomic E-state index is 1.23. The maximum atomic E-state index is 4.90. The quantitative estimate of drug-likeness (QED) is 0.367. The molecule has 0 spiro atoms. The van der Waals surface area contributed by atoms with Gasteiger partial charge in [0.05, 0.1) is 6.34 Å². The van der Waals surface area contributed by atoms with Crippen LogP contribution in [0.5, 0.6) is 0 Å². The summed E-state index contributed by atoms with van der Waals surface area (Å²) in [7, 11) is 1.79. The normalized spacial score (nSPS) is 11.0. The van der Waals surface area contributed by atoms with E-state index in [-0.39, 0.29) is 0 Å². The van der Waals surface area contributed by atoms with E-state index in [0.29, 0.717) is 0 Å². The van der Waals surface area contributed by atoms with Crippen LogP contribution in [0.15, 0.2) is 17.4 Å². The summed E-state index contributed by atoms with van der Waals surface area (Å²) in [6.07, 6.45) is 4.48. The Balaban J connectivity index is 3.09. The molecule has 7 heavy (non-hydrogen) atoms. The van der Waals surface area contributed by atoms with Crippen LogP contribution in [0.25, 0.3) is 0 Å². The van der Waals surface area contributed by atoms with Gasteiger partial charge in [0.1, 0.15) is 0 Å². The first-order valence-electron chi connectivity index (χ1n) is 1.97. The van der Waals surface area contributed by atoms with Crippen LogP contribution in [0.1, 0.15) is 0 Å². The first kappa shape index (κ1) is 6.01. The van der Waals surface area contributed by atoms with Crippen LogP contribution in [0.3, 0.4) is 0 Å². The highest BCUT2D eigenvalue weighted by Crippen LogP contribution is 1.62. The molecule has 0 bridgehead atoms. The van der Waals surface area contributed by atoms with E-state index < -0.39 is 0 Å². The Hall–Kier alpha value is -0.990. The van der Waals surface area contributed by atoms with E-state index in [0.717, 1.165) is 0 Å². The van der Waals surface area contributed by atoms with Crippen LogP contribution in [0.2, 0.25) is 0 Å². The SMILES string of the molecule is CN/C=C\N=CN. The molecule has 0 saturated heterocycles. The summed E-state index contributed by atoms with van der Waals surface area (Å²) in [5.74, 6) is 0. The van der Waals surface area contributed by atoms with E-state index in [2.05, 4.69) is 10.3 Å². The van der Waals surface area contributed by atoms with Gasteiger partial charge in [0.15, 0.2) is 0 Å². The maximum Gasteiger partial charge on any atom is 0.0853 e. The zero-order chi connectivity index (χ0) is 5.54. The predicted octanol–water partition coefficient (Wildman–Crippen LogP) is -0.336. The fourth-order valence-corrected chi connectivity index (χ4v) is 0.167. The van der Waals surface area contributed by atoms with Gasteiger partial charge in [-0.15, -0.1) is 0 Å². The Morgan fingerprint density at radius 1 is 1.71 bits per heavy atom. The molecule has 0 fully saturated rings. The fourth-order valence-electron chi connectivity index (χ4n) is 0.167. The number of nitrogens with two attached hydrogens (primary N) is 1. The Morgan fingerprint density at radius 3 is 2.86 bits per heavy atom. The lowest BCUT2D eigenvalue weighted by Crippen LogP contribution is -1.91. The lowest BCUT2D eigenvalue weighted by Gasteiger charge is -1.77. The van der Waals surface area contributed by atoms with E-state index in [1.165, 1.54) is 6.34 Å². The van der Waals surface area contributed by atoms with Crippen LogP contribution < -0.4 is 11.1 Å². The molecule has 0 rings (SSSR count). The Morgan fingerprint density at radius 2 is 2.43 bits per heavy atom. The van der Waals surface area contributed by atoms with Gasteiger partial charge in [-0.25, -0.2) is 4.99 Å². The second kappa shape index (κ2) is 5.01. The zero-order valence-electron chi connectivity index (χ0n) is 4.26. The number of hydrogen-bond donors (Lipinski definition) is 2. The van der Waals surface area contributed by atoms with Crippen LogP contribution in [-0.4, -0.2) is 13.4 Å². The molecule has 0 aromatic carbocycles. The molecule has 0 heterocycles. The van der Waals surface area contributed by atoms with Crippen molar-refractivity contribution in [3.63, 3.8) is 0 Å². The monoisotopic (exact) mass is 99.1 g/mol. The minimum absolute atomic E-state index is 1.23. The molecule has 0 atom stereocenters. The number of nitrogens with zero attached hydrogens (tertiary/aromatic N) is 1. The first-order chi connectivity index (χ1) is 3.41. The van der Waals surface area contributed by atoms with Gasteiger partial charge in [0.25, 0.3) is 0 Å². The first-order valence-corrected chi connectivity index (χ1v) is 1.97. The third-order valence-corrected chi connectivity index (χ3v) is 0.413. The molecule has 0 amide bonds. The highest BCUT2D eigenvalue weighted by Gasteiger charge is 1.54. The molecule has 40 valence electrons. The third kappa shape index (κ3) is 5.01. The zero-order valence-corrected chi connectivity index (χ0v) is 4.26. The number of hydrogen-bond acceptors (Lipinski definition) is 2.